The van der Waals surface area contributed by atoms with Crippen LogP contribution in [0.25, 0.3) is 16.6 Å². The molecule has 26 heavy (non-hydrogen) atoms. The number of para-hydroxylation sites is 1. The molecule has 0 bridgehead atoms. The fraction of sp³-hybridized carbons (Fsp3) is 0.0952. The number of benzene rings is 2. The zero-order chi connectivity index (χ0) is 17.9. The molecule has 0 aliphatic heterocycles. The number of aromatic nitrogens is 3. The number of rotatable bonds is 4. The maximum absolute atomic E-state index is 12.7. The number of nitrogens with zero attached hydrogens (tertiary/aromatic N) is 3. The molecule has 5 nitrogen and oxygen atoms in total. The van der Waals surface area contributed by atoms with Crippen LogP contribution >= 0.6 is 0 Å². The molecule has 0 aliphatic carbocycles. The summed E-state index contributed by atoms with van der Waals surface area (Å²) in [5.74, 6) is -0.125. The fourth-order valence-electron chi connectivity index (χ4n) is 2.99. The highest BCUT2D eigenvalue weighted by Gasteiger charge is 2.14. The molecule has 0 radical (unpaired) electrons. The van der Waals surface area contributed by atoms with Gasteiger partial charge in [0.25, 0.3) is 5.91 Å². The summed E-state index contributed by atoms with van der Waals surface area (Å²) in [6.07, 6.45) is 7.10. The third-order valence-electron chi connectivity index (χ3n) is 4.42. The Labute approximate surface area is 151 Å². The third kappa shape index (κ3) is 3.07. The molecular weight excluding hydrogens is 324 g/mol. The molecule has 0 fully saturated rings. The van der Waals surface area contributed by atoms with E-state index in [1.165, 1.54) is 0 Å². The number of carbonyl (C=O) groups excluding carboxylic acids is 1. The molecule has 4 rings (SSSR count). The van der Waals surface area contributed by atoms with Crippen molar-refractivity contribution in [2.75, 3.05) is 0 Å². The Morgan fingerprint density at radius 3 is 2.62 bits per heavy atom. The number of fused-ring (bicyclic) bond motifs is 1. The van der Waals surface area contributed by atoms with Gasteiger partial charge in [-0.2, -0.15) is 0 Å². The van der Waals surface area contributed by atoms with Crippen LogP contribution in [0.15, 0.2) is 79.5 Å². The molecule has 0 aliphatic rings. The molecule has 0 spiro atoms. The van der Waals surface area contributed by atoms with Gasteiger partial charge in [0.05, 0.1) is 23.4 Å². The van der Waals surface area contributed by atoms with Gasteiger partial charge < -0.3 is 9.88 Å². The van der Waals surface area contributed by atoms with Gasteiger partial charge in [0.2, 0.25) is 0 Å². The monoisotopic (exact) mass is 342 g/mol. The van der Waals surface area contributed by atoms with E-state index in [0.717, 1.165) is 22.2 Å². The number of hydrogen-bond donors (Lipinski definition) is 1. The van der Waals surface area contributed by atoms with Crippen LogP contribution in [-0.2, 0) is 0 Å². The number of imidazole rings is 1. The maximum Gasteiger partial charge on any atom is 0.253 e. The summed E-state index contributed by atoms with van der Waals surface area (Å²) >= 11 is 0. The molecule has 2 aromatic heterocycles. The van der Waals surface area contributed by atoms with Gasteiger partial charge in [-0.15, -0.1) is 0 Å². The molecule has 1 amide bonds. The average Bonchev–Trinajstić information content (AvgIpc) is 3.22. The quantitative estimate of drug-likeness (QED) is 0.612. The first kappa shape index (κ1) is 16.0. The van der Waals surface area contributed by atoms with Crippen LogP contribution in [-0.4, -0.2) is 20.4 Å². The molecule has 1 N–H and O–H groups in total. The number of pyridine rings is 1. The predicted octanol–water partition coefficient (Wildman–Crippen LogP) is 3.91. The topological polar surface area (TPSA) is 59.8 Å². The maximum atomic E-state index is 12.7. The minimum atomic E-state index is -0.125. The Bertz CT molecular complexity index is 1030. The molecule has 0 saturated heterocycles. The highest BCUT2D eigenvalue weighted by Crippen LogP contribution is 2.19. The molecule has 4 aromatic rings. The molecule has 5 heteroatoms. The van der Waals surface area contributed by atoms with Crippen molar-refractivity contribution in [3.8, 4) is 5.69 Å². The normalized spacial score (nSPS) is 12.0. The minimum absolute atomic E-state index is 0.113. The number of hydrogen-bond acceptors (Lipinski definition) is 3. The van der Waals surface area contributed by atoms with Crippen molar-refractivity contribution in [1.29, 1.82) is 0 Å². The first-order valence-corrected chi connectivity index (χ1v) is 8.45. The third-order valence-corrected chi connectivity index (χ3v) is 4.42. The molecule has 0 unspecified atom stereocenters. The SMILES string of the molecule is C[C@H](NC(=O)c1cccc2cccnc12)c1ccc(-n2ccnc2)cc1. The van der Waals surface area contributed by atoms with Gasteiger partial charge in [0.1, 0.15) is 0 Å². The van der Waals surface area contributed by atoms with Crippen molar-refractivity contribution < 1.29 is 4.79 Å². The predicted molar refractivity (Wildman–Crippen MR) is 101 cm³/mol. The highest BCUT2D eigenvalue weighted by molar-refractivity contribution is 6.05. The lowest BCUT2D eigenvalue weighted by Gasteiger charge is -2.15. The van der Waals surface area contributed by atoms with Crippen LogP contribution in [0.1, 0.15) is 28.9 Å². The van der Waals surface area contributed by atoms with Crippen LogP contribution in [0.3, 0.4) is 0 Å². The van der Waals surface area contributed by atoms with Crippen LogP contribution in [0, 0.1) is 0 Å². The van der Waals surface area contributed by atoms with E-state index in [9.17, 15) is 4.79 Å². The summed E-state index contributed by atoms with van der Waals surface area (Å²) in [7, 11) is 0. The molecule has 0 saturated carbocycles. The summed E-state index contributed by atoms with van der Waals surface area (Å²) in [4.78, 5) is 21.1. The second kappa shape index (κ2) is 6.80. The smallest absolute Gasteiger partial charge is 0.253 e. The molecule has 2 heterocycles. The van der Waals surface area contributed by atoms with Crippen LogP contribution in [0.5, 0.6) is 0 Å². The van der Waals surface area contributed by atoms with E-state index in [1.807, 2.05) is 66.2 Å². The zero-order valence-corrected chi connectivity index (χ0v) is 14.3. The van der Waals surface area contributed by atoms with Crippen molar-refractivity contribution in [1.82, 2.24) is 19.9 Å². The lowest BCUT2D eigenvalue weighted by atomic mass is 10.1. The summed E-state index contributed by atoms with van der Waals surface area (Å²) in [6.45, 7) is 1.97. The Kier molecular flexibility index (Phi) is 4.19. The summed E-state index contributed by atoms with van der Waals surface area (Å²) < 4.78 is 1.94. The van der Waals surface area contributed by atoms with Crippen LogP contribution in [0.4, 0.5) is 0 Å². The van der Waals surface area contributed by atoms with Crippen molar-refractivity contribution in [2.45, 2.75) is 13.0 Å². The second-order valence-corrected chi connectivity index (χ2v) is 6.14. The Hall–Kier alpha value is -3.47. The average molecular weight is 342 g/mol. The lowest BCUT2D eigenvalue weighted by molar-refractivity contribution is 0.0941. The van der Waals surface area contributed by atoms with E-state index >= 15 is 0 Å². The Morgan fingerprint density at radius 1 is 1.04 bits per heavy atom. The highest BCUT2D eigenvalue weighted by atomic mass is 16.1. The summed E-state index contributed by atoms with van der Waals surface area (Å²) in [5.41, 5.74) is 3.37. The van der Waals surface area contributed by atoms with E-state index in [-0.39, 0.29) is 11.9 Å². The van der Waals surface area contributed by atoms with E-state index in [0.29, 0.717) is 5.56 Å². The lowest BCUT2D eigenvalue weighted by Crippen LogP contribution is -2.27. The number of carbonyl (C=O) groups is 1. The molecular formula is C21H18N4O. The van der Waals surface area contributed by atoms with E-state index in [4.69, 9.17) is 0 Å². The minimum Gasteiger partial charge on any atom is -0.345 e. The Morgan fingerprint density at radius 2 is 1.85 bits per heavy atom. The molecule has 2 aromatic carbocycles. The van der Waals surface area contributed by atoms with E-state index < -0.39 is 0 Å². The first-order chi connectivity index (χ1) is 12.7. The first-order valence-electron chi connectivity index (χ1n) is 8.45. The van der Waals surface area contributed by atoms with Crippen LogP contribution < -0.4 is 5.32 Å². The van der Waals surface area contributed by atoms with Crippen molar-refractivity contribution in [3.63, 3.8) is 0 Å². The number of nitrogens with one attached hydrogen (secondary N) is 1. The van der Waals surface area contributed by atoms with Gasteiger partial charge in [0.15, 0.2) is 0 Å². The summed E-state index contributed by atoms with van der Waals surface area (Å²) in [6, 6.07) is 17.4. The van der Waals surface area contributed by atoms with Gasteiger partial charge in [-0.1, -0.05) is 30.3 Å². The van der Waals surface area contributed by atoms with E-state index in [1.54, 1.807) is 24.8 Å². The van der Waals surface area contributed by atoms with Gasteiger partial charge in [-0.3, -0.25) is 9.78 Å². The van der Waals surface area contributed by atoms with Crippen molar-refractivity contribution in [2.24, 2.45) is 0 Å². The van der Waals surface area contributed by atoms with Crippen molar-refractivity contribution >= 4 is 16.8 Å². The van der Waals surface area contributed by atoms with Gasteiger partial charge in [-0.05, 0) is 36.8 Å². The van der Waals surface area contributed by atoms with Gasteiger partial charge in [0, 0.05) is 29.7 Å². The standard InChI is InChI=1S/C21H18N4O/c1-15(16-7-9-18(10-8-16)25-13-12-22-14-25)24-21(26)19-6-2-4-17-5-3-11-23-20(17)19/h2-15H,1H3,(H,24,26)/t15-/m0/s1. The molecule has 1 atom stereocenters. The number of amides is 1. The van der Waals surface area contributed by atoms with E-state index in [2.05, 4.69) is 15.3 Å². The fourth-order valence-corrected chi connectivity index (χ4v) is 2.99. The zero-order valence-electron chi connectivity index (χ0n) is 14.3. The Balaban J connectivity index is 1.54. The van der Waals surface area contributed by atoms with Gasteiger partial charge >= 0.3 is 0 Å². The largest absolute Gasteiger partial charge is 0.345 e. The van der Waals surface area contributed by atoms with Crippen LogP contribution in [0.2, 0.25) is 0 Å². The molecule has 128 valence electrons. The van der Waals surface area contributed by atoms with Gasteiger partial charge in [-0.25, -0.2) is 4.98 Å². The summed E-state index contributed by atoms with van der Waals surface area (Å²) in [5, 5.41) is 4.02. The second-order valence-electron chi connectivity index (χ2n) is 6.14. The van der Waals surface area contributed by atoms with Crippen molar-refractivity contribution in [3.05, 3.63) is 90.6 Å².